The number of thioether (sulfide) groups is 1. The molecular weight excluding hydrogens is 248 g/mol. The summed E-state index contributed by atoms with van der Waals surface area (Å²) in [5.74, 6) is -0.783. The van der Waals surface area contributed by atoms with E-state index < -0.39 is 5.97 Å². The van der Waals surface area contributed by atoms with Crippen LogP contribution in [0, 0.1) is 17.2 Å². The van der Waals surface area contributed by atoms with Gasteiger partial charge in [0.25, 0.3) is 0 Å². The van der Waals surface area contributed by atoms with E-state index in [1.807, 2.05) is 31.4 Å². The molecule has 0 bridgehead atoms. The molecule has 0 aliphatic rings. The second kappa shape index (κ2) is 6.92. The molecule has 0 saturated carbocycles. The molecule has 4 nitrogen and oxygen atoms in total. The molecule has 1 unspecified atom stereocenters. The number of nitriles is 1. The van der Waals surface area contributed by atoms with Crippen molar-refractivity contribution in [3.8, 4) is 6.07 Å². The van der Waals surface area contributed by atoms with Gasteiger partial charge in [-0.05, 0) is 24.3 Å². The first-order valence-electron chi connectivity index (χ1n) is 5.61. The lowest BCUT2D eigenvalue weighted by molar-refractivity contribution is -0.137. The monoisotopic (exact) mass is 264 g/mol. The fraction of sp³-hybridized carbons (Fsp3) is 0.385. The first-order valence-corrected chi connectivity index (χ1v) is 6.83. The van der Waals surface area contributed by atoms with E-state index in [4.69, 9.17) is 10.4 Å². The number of aliphatic carboxylic acids is 1. The lowest BCUT2D eigenvalue weighted by atomic mass is 10.1. The number of hydrogen-bond acceptors (Lipinski definition) is 4. The Hall–Kier alpha value is -1.67. The summed E-state index contributed by atoms with van der Waals surface area (Å²) >= 11 is 1.52. The highest BCUT2D eigenvalue weighted by Crippen LogP contribution is 2.26. The predicted octanol–water partition coefficient (Wildman–Crippen LogP) is 2.80. The highest BCUT2D eigenvalue weighted by molar-refractivity contribution is 7.98. The number of nitrogens with one attached hydrogen (secondary N) is 1. The number of benzene rings is 1. The molecule has 1 aromatic carbocycles. The number of rotatable bonds is 6. The molecule has 18 heavy (non-hydrogen) atoms. The molecule has 0 spiro atoms. The van der Waals surface area contributed by atoms with Gasteiger partial charge in [-0.15, -0.1) is 11.8 Å². The lowest BCUT2D eigenvalue weighted by Crippen LogP contribution is -2.15. The maximum absolute atomic E-state index is 10.6. The molecule has 0 aliphatic heterocycles. The Morgan fingerprint density at radius 2 is 2.33 bits per heavy atom. The largest absolute Gasteiger partial charge is 0.481 e. The molecule has 5 heteroatoms. The summed E-state index contributed by atoms with van der Waals surface area (Å²) in [4.78, 5) is 11.5. The minimum atomic E-state index is -0.803. The third-order valence-electron chi connectivity index (χ3n) is 2.52. The van der Waals surface area contributed by atoms with E-state index in [0.717, 1.165) is 10.6 Å². The van der Waals surface area contributed by atoms with Crippen molar-refractivity contribution in [3.05, 3.63) is 23.8 Å². The van der Waals surface area contributed by atoms with Crippen molar-refractivity contribution in [1.29, 1.82) is 5.26 Å². The van der Waals surface area contributed by atoms with Gasteiger partial charge >= 0.3 is 5.97 Å². The highest BCUT2D eigenvalue weighted by atomic mass is 32.2. The summed E-state index contributed by atoms with van der Waals surface area (Å²) in [7, 11) is 0. The Morgan fingerprint density at radius 1 is 1.61 bits per heavy atom. The van der Waals surface area contributed by atoms with Crippen molar-refractivity contribution in [1.82, 2.24) is 0 Å². The smallest absolute Gasteiger partial charge is 0.303 e. The van der Waals surface area contributed by atoms with E-state index in [0.29, 0.717) is 12.1 Å². The van der Waals surface area contributed by atoms with Gasteiger partial charge in [0.05, 0.1) is 11.3 Å². The fourth-order valence-electron chi connectivity index (χ4n) is 1.62. The first kappa shape index (κ1) is 14.4. The second-order valence-corrected chi connectivity index (χ2v) is 4.93. The third-order valence-corrected chi connectivity index (χ3v) is 3.30. The molecular formula is C13H16N2O2S. The Bertz CT molecular complexity index is 469. The Morgan fingerprint density at radius 3 is 2.89 bits per heavy atom. The van der Waals surface area contributed by atoms with Crippen LogP contribution in [-0.4, -0.2) is 23.9 Å². The van der Waals surface area contributed by atoms with Gasteiger partial charge in [-0.1, -0.05) is 13.0 Å². The average molecular weight is 264 g/mol. The minimum absolute atomic E-state index is 0.0204. The maximum Gasteiger partial charge on any atom is 0.303 e. The van der Waals surface area contributed by atoms with E-state index in [2.05, 4.69) is 11.4 Å². The molecule has 1 rings (SSSR count). The number of carboxylic acids is 1. The Balaban J connectivity index is 2.73. The van der Waals surface area contributed by atoms with E-state index >= 15 is 0 Å². The zero-order valence-corrected chi connectivity index (χ0v) is 11.3. The van der Waals surface area contributed by atoms with Gasteiger partial charge in [0.15, 0.2) is 0 Å². The van der Waals surface area contributed by atoms with Crippen LogP contribution >= 0.6 is 11.8 Å². The quantitative estimate of drug-likeness (QED) is 0.773. The van der Waals surface area contributed by atoms with Crippen molar-refractivity contribution in [2.24, 2.45) is 5.92 Å². The third kappa shape index (κ3) is 3.97. The molecule has 0 amide bonds. The normalized spacial score (nSPS) is 11.6. The van der Waals surface area contributed by atoms with Gasteiger partial charge in [0, 0.05) is 17.9 Å². The van der Waals surface area contributed by atoms with Crippen LogP contribution < -0.4 is 5.32 Å². The van der Waals surface area contributed by atoms with Crippen molar-refractivity contribution < 1.29 is 9.90 Å². The van der Waals surface area contributed by atoms with E-state index in [-0.39, 0.29) is 12.3 Å². The van der Waals surface area contributed by atoms with Crippen LogP contribution in [0.3, 0.4) is 0 Å². The van der Waals surface area contributed by atoms with E-state index in [1.165, 1.54) is 11.8 Å². The van der Waals surface area contributed by atoms with Crippen molar-refractivity contribution in [2.45, 2.75) is 18.2 Å². The lowest BCUT2D eigenvalue weighted by Gasteiger charge is -2.13. The zero-order valence-electron chi connectivity index (χ0n) is 10.4. The van der Waals surface area contributed by atoms with Crippen LogP contribution in [0.15, 0.2) is 23.1 Å². The topological polar surface area (TPSA) is 73.1 Å². The number of nitrogens with zero attached hydrogens (tertiary/aromatic N) is 1. The molecule has 0 fully saturated rings. The van der Waals surface area contributed by atoms with Crippen molar-refractivity contribution >= 4 is 23.4 Å². The van der Waals surface area contributed by atoms with Crippen molar-refractivity contribution in [2.75, 3.05) is 18.1 Å². The SMILES string of the molecule is CSc1cccc(NCC(C)CC(=O)O)c1C#N. The molecule has 0 aromatic heterocycles. The second-order valence-electron chi connectivity index (χ2n) is 4.08. The number of hydrogen-bond donors (Lipinski definition) is 2. The molecule has 0 heterocycles. The molecule has 0 radical (unpaired) electrons. The number of anilines is 1. The van der Waals surface area contributed by atoms with Crippen LogP contribution in [0.2, 0.25) is 0 Å². The molecule has 1 atom stereocenters. The van der Waals surface area contributed by atoms with Gasteiger partial charge < -0.3 is 10.4 Å². The summed E-state index contributed by atoms with van der Waals surface area (Å²) < 4.78 is 0. The molecule has 2 N–H and O–H groups in total. The molecule has 1 aromatic rings. The summed E-state index contributed by atoms with van der Waals surface area (Å²) in [5, 5.41) is 21.0. The van der Waals surface area contributed by atoms with Crippen LogP contribution in [0.25, 0.3) is 0 Å². The average Bonchev–Trinajstić information content (AvgIpc) is 2.34. The minimum Gasteiger partial charge on any atom is -0.481 e. The summed E-state index contributed by atoms with van der Waals surface area (Å²) in [6.45, 7) is 2.41. The van der Waals surface area contributed by atoms with Crippen LogP contribution in [0.5, 0.6) is 0 Å². The molecule has 0 aliphatic carbocycles. The Kier molecular flexibility index (Phi) is 5.53. The highest BCUT2D eigenvalue weighted by Gasteiger charge is 2.10. The first-order chi connectivity index (χ1) is 8.58. The summed E-state index contributed by atoms with van der Waals surface area (Å²) in [6, 6.07) is 7.80. The van der Waals surface area contributed by atoms with Gasteiger partial charge in [0.1, 0.15) is 6.07 Å². The van der Waals surface area contributed by atoms with Gasteiger partial charge in [-0.25, -0.2) is 0 Å². The summed E-state index contributed by atoms with van der Waals surface area (Å²) in [6.07, 6.45) is 2.05. The molecule has 0 saturated heterocycles. The predicted molar refractivity (Wildman–Crippen MR) is 72.8 cm³/mol. The molecule has 96 valence electrons. The maximum atomic E-state index is 10.6. The summed E-state index contributed by atoms with van der Waals surface area (Å²) in [5.41, 5.74) is 1.38. The standard InChI is InChI=1S/C13H16N2O2S/c1-9(6-13(16)17)8-15-11-4-3-5-12(18-2)10(11)7-14/h3-5,9,15H,6,8H2,1-2H3,(H,16,17). The van der Waals surface area contributed by atoms with Gasteiger partial charge in [-0.2, -0.15) is 5.26 Å². The van der Waals surface area contributed by atoms with Gasteiger partial charge in [-0.3, -0.25) is 4.79 Å². The van der Waals surface area contributed by atoms with E-state index in [1.54, 1.807) is 0 Å². The van der Waals surface area contributed by atoms with Gasteiger partial charge in [0.2, 0.25) is 0 Å². The van der Waals surface area contributed by atoms with Crippen LogP contribution in [0.1, 0.15) is 18.9 Å². The fourth-order valence-corrected chi connectivity index (χ4v) is 2.19. The number of carboxylic acid groups (broad SMARTS) is 1. The number of carbonyl (C=O) groups is 1. The van der Waals surface area contributed by atoms with Crippen LogP contribution in [0.4, 0.5) is 5.69 Å². The van der Waals surface area contributed by atoms with E-state index in [9.17, 15) is 4.79 Å². The van der Waals surface area contributed by atoms with Crippen molar-refractivity contribution in [3.63, 3.8) is 0 Å². The zero-order chi connectivity index (χ0) is 13.5. The van der Waals surface area contributed by atoms with Crippen LogP contribution in [-0.2, 0) is 4.79 Å². The Labute approximate surface area is 111 Å².